The van der Waals surface area contributed by atoms with Crippen LogP contribution in [0.2, 0.25) is 0 Å². The number of aryl methyl sites for hydroxylation is 1. The van der Waals surface area contributed by atoms with E-state index in [1.807, 2.05) is 50.2 Å². The van der Waals surface area contributed by atoms with Crippen LogP contribution < -0.4 is 16.0 Å². The Hall–Kier alpha value is -2.86. The molecule has 2 amide bonds. The fraction of sp³-hybridized carbons (Fsp3) is 0.167. The predicted molar refractivity (Wildman–Crippen MR) is 104 cm³/mol. The zero-order valence-electron chi connectivity index (χ0n) is 14.0. The molecule has 0 aliphatic heterocycles. The molecular weight excluding hydrogens is 338 g/mol. The average molecular weight is 358 g/mol. The van der Waals surface area contributed by atoms with Crippen LogP contribution in [0.4, 0.5) is 22.0 Å². The minimum atomic E-state index is -0.260. The largest absolute Gasteiger partial charge is 0.354 e. The minimum absolute atomic E-state index is 0. The van der Waals surface area contributed by atoms with Gasteiger partial charge in [0.1, 0.15) is 5.82 Å². The lowest BCUT2D eigenvalue weighted by molar-refractivity contribution is 0.252. The van der Waals surface area contributed by atoms with Crippen LogP contribution in [-0.2, 0) is 0 Å². The lowest BCUT2D eigenvalue weighted by Gasteiger charge is -2.11. The van der Waals surface area contributed by atoms with Crippen molar-refractivity contribution in [2.45, 2.75) is 13.8 Å². The number of carbonyl (C=O) groups is 1. The third kappa shape index (κ3) is 4.58. The van der Waals surface area contributed by atoms with E-state index in [-0.39, 0.29) is 18.4 Å². The van der Waals surface area contributed by atoms with Crippen LogP contribution in [0.25, 0.3) is 10.8 Å². The molecule has 0 saturated carbocycles. The summed E-state index contributed by atoms with van der Waals surface area (Å²) in [6.45, 7) is 4.39. The maximum Gasteiger partial charge on any atom is 0.320 e. The first-order chi connectivity index (χ1) is 11.7. The molecule has 130 valence electrons. The summed E-state index contributed by atoms with van der Waals surface area (Å²) in [4.78, 5) is 20.2. The second kappa shape index (κ2) is 8.30. The molecule has 0 aliphatic carbocycles. The quantitative estimate of drug-likeness (QED) is 0.652. The van der Waals surface area contributed by atoms with Crippen LogP contribution in [0.15, 0.2) is 48.8 Å². The molecule has 0 saturated heterocycles. The molecule has 6 nitrogen and oxygen atoms in total. The first kappa shape index (κ1) is 18.5. The van der Waals surface area contributed by atoms with Gasteiger partial charge in [0.15, 0.2) is 0 Å². The Kier molecular flexibility index (Phi) is 6.14. The van der Waals surface area contributed by atoms with Gasteiger partial charge in [0.25, 0.3) is 0 Å². The van der Waals surface area contributed by atoms with Crippen LogP contribution in [0.3, 0.4) is 0 Å². The number of nitrogens with one attached hydrogen (secondary N) is 3. The monoisotopic (exact) mass is 357 g/mol. The van der Waals surface area contributed by atoms with E-state index < -0.39 is 0 Å². The lowest BCUT2D eigenvalue weighted by Crippen LogP contribution is -2.28. The number of aromatic nitrogens is 2. The topological polar surface area (TPSA) is 78.9 Å². The number of hydrogen-bond donors (Lipinski definition) is 3. The third-order valence-corrected chi connectivity index (χ3v) is 3.53. The Labute approximate surface area is 152 Å². The first-order valence-electron chi connectivity index (χ1n) is 7.79. The van der Waals surface area contributed by atoms with E-state index in [4.69, 9.17) is 0 Å². The number of pyridine rings is 2. The van der Waals surface area contributed by atoms with Gasteiger partial charge >= 0.3 is 6.03 Å². The second-order valence-electron chi connectivity index (χ2n) is 5.39. The molecule has 3 rings (SSSR count). The number of hydrogen-bond acceptors (Lipinski definition) is 4. The van der Waals surface area contributed by atoms with Gasteiger partial charge in [-0.1, -0.05) is 12.1 Å². The summed E-state index contributed by atoms with van der Waals surface area (Å²) < 4.78 is 0. The van der Waals surface area contributed by atoms with E-state index in [0.717, 1.165) is 27.8 Å². The van der Waals surface area contributed by atoms with E-state index in [1.54, 1.807) is 12.4 Å². The number of benzene rings is 1. The zero-order chi connectivity index (χ0) is 16.9. The molecule has 0 unspecified atom stereocenters. The van der Waals surface area contributed by atoms with E-state index >= 15 is 0 Å². The maximum atomic E-state index is 11.6. The van der Waals surface area contributed by atoms with Gasteiger partial charge in [-0.15, -0.1) is 12.4 Å². The third-order valence-electron chi connectivity index (χ3n) is 3.53. The Morgan fingerprint density at radius 3 is 2.68 bits per heavy atom. The molecule has 1 aromatic carbocycles. The van der Waals surface area contributed by atoms with Gasteiger partial charge in [0.2, 0.25) is 0 Å². The summed E-state index contributed by atoms with van der Waals surface area (Å²) in [7, 11) is 0. The number of carbonyl (C=O) groups excluding carboxylic acids is 1. The van der Waals surface area contributed by atoms with E-state index in [2.05, 4.69) is 25.9 Å². The summed E-state index contributed by atoms with van der Waals surface area (Å²) in [5, 5.41) is 10.7. The fourth-order valence-corrected chi connectivity index (χ4v) is 2.37. The molecule has 0 fully saturated rings. The molecule has 0 bridgehead atoms. The molecule has 7 heteroatoms. The van der Waals surface area contributed by atoms with Crippen LogP contribution in [0.1, 0.15) is 12.6 Å². The highest BCUT2D eigenvalue weighted by molar-refractivity contribution is 5.97. The summed E-state index contributed by atoms with van der Waals surface area (Å²) in [6, 6.07) is 11.5. The highest BCUT2D eigenvalue weighted by Gasteiger charge is 2.06. The fourth-order valence-electron chi connectivity index (χ4n) is 2.37. The van der Waals surface area contributed by atoms with Crippen molar-refractivity contribution in [1.82, 2.24) is 15.3 Å². The molecule has 2 heterocycles. The van der Waals surface area contributed by atoms with Crippen molar-refractivity contribution in [2.75, 3.05) is 17.2 Å². The van der Waals surface area contributed by atoms with E-state index in [0.29, 0.717) is 12.4 Å². The van der Waals surface area contributed by atoms with Gasteiger partial charge in [0, 0.05) is 29.5 Å². The Bertz CT molecular complexity index is 867. The van der Waals surface area contributed by atoms with Gasteiger partial charge in [-0.05, 0) is 43.5 Å². The van der Waals surface area contributed by atoms with Crippen molar-refractivity contribution >= 4 is 46.4 Å². The Balaban J connectivity index is 0.00000225. The summed E-state index contributed by atoms with van der Waals surface area (Å²) in [5.41, 5.74) is 2.83. The highest BCUT2D eigenvalue weighted by atomic mass is 35.5. The average Bonchev–Trinajstić information content (AvgIpc) is 2.57. The number of rotatable bonds is 4. The van der Waals surface area contributed by atoms with Crippen LogP contribution in [0.5, 0.6) is 0 Å². The van der Waals surface area contributed by atoms with Crippen LogP contribution in [-0.4, -0.2) is 22.5 Å². The number of amides is 2. The molecule has 0 atom stereocenters. The van der Waals surface area contributed by atoms with Crippen molar-refractivity contribution in [1.29, 1.82) is 0 Å². The molecule has 0 aliphatic rings. The number of urea groups is 1. The van der Waals surface area contributed by atoms with Gasteiger partial charge in [-0.3, -0.25) is 10.3 Å². The van der Waals surface area contributed by atoms with Crippen LogP contribution in [0, 0.1) is 6.92 Å². The minimum Gasteiger partial charge on any atom is -0.354 e. The van der Waals surface area contributed by atoms with Crippen molar-refractivity contribution < 1.29 is 4.79 Å². The predicted octanol–water partition coefficient (Wildman–Crippen LogP) is 4.25. The normalized spacial score (nSPS) is 10.0. The van der Waals surface area contributed by atoms with Crippen molar-refractivity contribution in [3.8, 4) is 0 Å². The maximum absolute atomic E-state index is 11.6. The molecule has 3 aromatic rings. The van der Waals surface area contributed by atoms with Crippen molar-refractivity contribution in [3.05, 3.63) is 54.5 Å². The summed E-state index contributed by atoms with van der Waals surface area (Å²) >= 11 is 0. The lowest BCUT2D eigenvalue weighted by atomic mass is 10.1. The van der Waals surface area contributed by atoms with Gasteiger partial charge in [-0.2, -0.15) is 0 Å². The Morgan fingerprint density at radius 1 is 1.12 bits per heavy atom. The molecule has 3 N–H and O–H groups in total. The smallest absolute Gasteiger partial charge is 0.320 e. The Morgan fingerprint density at radius 2 is 1.96 bits per heavy atom. The van der Waals surface area contributed by atoms with Gasteiger partial charge in [-0.25, -0.2) is 9.78 Å². The number of fused-ring (bicyclic) bond motifs is 1. The second-order valence-corrected chi connectivity index (χ2v) is 5.39. The van der Waals surface area contributed by atoms with E-state index in [9.17, 15) is 4.79 Å². The molecule has 0 spiro atoms. The van der Waals surface area contributed by atoms with Crippen LogP contribution >= 0.6 is 12.4 Å². The number of anilines is 3. The van der Waals surface area contributed by atoms with E-state index in [1.165, 1.54) is 0 Å². The van der Waals surface area contributed by atoms with Crippen molar-refractivity contribution in [3.63, 3.8) is 0 Å². The zero-order valence-corrected chi connectivity index (χ0v) is 14.9. The molecule has 25 heavy (non-hydrogen) atoms. The first-order valence-corrected chi connectivity index (χ1v) is 7.79. The molecule has 2 aromatic heterocycles. The SMILES string of the molecule is CCNC(=O)Nc1cc2cccc(Nc3ccc(C)nc3)c2cn1.Cl. The number of nitrogens with zero attached hydrogens (tertiary/aromatic N) is 2. The molecular formula is C18H20ClN5O. The summed E-state index contributed by atoms with van der Waals surface area (Å²) in [5.74, 6) is 0.516. The van der Waals surface area contributed by atoms with Gasteiger partial charge < -0.3 is 10.6 Å². The molecule has 0 radical (unpaired) electrons. The van der Waals surface area contributed by atoms with Crippen molar-refractivity contribution in [2.24, 2.45) is 0 Å². The van der Waals surface area contributed by atoms with Gasteiger partial charge in [0.05, 0.1) is 11.9 Å². The number of halogens is 1. The highest BCUT2D eigenvalue weighted by Crippen LogP contribution is 2.27. The standard InChI is InChI=1S/C18H19N5O.ClH/c1-3-19-18(24)23-17-9-13-5-4-6-16(15(13)11-21-17)22-14-8-7-12(2)20-10-14;/h4-11,22H,3H2,1-2H3,(H2,19,21,23,24);1H. The summed E-state index contributed by atoms with van der Waals surface area (Å²) in [6.07, 6.45) is 3.55.